The van der Waals surface area contributed by atoms with Gasteiger partial charge in [-0.15, -0.1) is 0 Å². The van der Waals surface area contributed by atoms with E-state index in [4.69, 9.17) is 33.7 Å². The summed E-state index contributed by atoms with van der Waals surface area (Å²) in [5.74, 6) is 0.975. The number of carbonyl (C=O) groups excluding carboxylic acids is 3. The monoisotopic (exact) mass is 722 g/mol. The minimum atomic E-state index is -0.552. The first kappa shape index (κ1) is 34.3. The van der Waals surface area contributed by atoms with Crippen LogP contribution in [-0.4, -0.2) is 100 Å². The van der Waals surface area contributed by atoms with Crippen molar-refractivity contribution < 1.29 is 23.9 Å². The number of amides is 2. The van der Waals surface area contributed by atoms with Crippen LogP contribution in [0.2, 0.25) is 10.3 Å². The lowest BCUT2D eigenvalue weighted by Crippen LogP contribution is -2.48. The maximum Gasteiger partial charge on any atom is 0.356 e. The van der Waals surface area contributed by atoms with E-state index in [-0.39, 0.29) is 22.9 Å². The molecule has 2 fully saturated rings. The van der Waals surface area contributed by atoms with E-state index in [2.05, 4.69) is 55.1 Å². The van der Waals surface area contributed by atoms with E-state index in [1.165, 1.54) is 39.0 Å². The van der Waals surface area contributed by atoms with Crippen LogP contribution in [-0.2, 0) is 9.47 Å². The molecular weight excluding hydrogens is 691 g/mol. The lowest BCUT2D eigenvalue weighted by atomic mass is 10.2. The van der Waals surface area contributed by atoms with Crippen molar-refractivity contribution in [3.8, 4) is 0 Å². The number of urea groups is 1. The second kappa shape index (κ2) is 14.9. The zero-order valence-corrected chi connectivity index (χ0v) is 28.4. The van der Waals surface area contributed by atoms with Gasteiger partial charge in [0.05, 0.1) is 31.6 Å². The Labute approximate surface area is 296 Å². The summed E-state index contributed by atoms with van der Waals surface area (Å²) in [6, 6.07) is 10.0. The van der Waals surface area contributed by atoms with Crippen molar-refractivity contribution in [3.05, 3.63) is 70.7 Å². The van der Waals surface area contributed by atoms with E-state index in [1.54, 1.807) is 23.1 Å². The smallest absolute Gasteiger partial charge is 0.356 e. The fourth-order valence-corrected chi connectivity index (χ4v) is 6.23. The van der Waals surface area contributed by atoms with Crippen LogP contribution in [0.4, 0.5) is 39.4 Å². The number of fused-ring (bicyclic) bond motifs is 8. The lowest BCUT2D eigenvalue weighted by Gasteiger charge is -2.35. The van der Waals surface area contributed by atoms with E-state index in [1.807, 2.05) is 6.07 Å². The first-order chi connectivity index (χ1) is 24.1. The molecule has 19 heteroatoms. The molecule has 8 heterocycles. The van der Waals surface area contributed by atoms with Gasteiger partial charge in [-0.05, 0) is 37.1 Å². The number of halogens is 2. The molecule has 2 atom stereocenters. The third-order valence-corrected chi connectivity index (χ3v) is 8.64. The summed E-state index contributed by atoms with van der Waals surface area (Å²) in [6.45, 7) is 3.63. The second-order valence-electron chi connectivity index (χ2n) is 11.3. The number of hydrogen-bond acceptors (Lipinski definition) is 15. The van der Waals surface area contributed by atoms with Crippen LogP contribution in [0.5, 0.6) is 0 Å². The van der Waals surface area contributed by atoms with Crippen LogP contribution < -0.4 is 31.1 Å². The predicted octanol–water partition coefficient (Wildman–Crippen LogP) is 3.53. The molecule has 0 saturated carbocycles. The van der Waals surface area contributed by atoms with Crippen LogP contribution in [0.25, 0.3) is 0 Å². The van der Waals surface area contributed by atoms with Crippen LogP contribution in [0.15, 0.2) is 49.1 Å². The van der Waals surface area contributed by atoms with Gasteiger partial charge in [0.15, 0.2) is 23.0 Å². The number of pyridine rings is 2. The van der Waals surface area contributed by atoms with Crippen molar-refractivity contribution in [1.29, 1.82) is 0 Å². The number of esters is 2. The molecular formula is C31H32Cl2N12O5. The number of nitrogens with zero attached hydrogens (tertiary/aromatic N) is 9. The quantitative estimate of drug-likeness (QED) is 0.204. The Morgan fingerprint density at radius 2 is 1.48 bits per heavy atom. The topological polar surface area (TPSA) is 207 Å². The largest absolute Gasteiger partial charge is 0.464 e. The van der Waals surface area contributed by atoms with Gasteiger partial charge in [-0.1, -0.05) is 23.2 Å². The van der Waals surface area contributed by atoms with Gasteiger partial charge in [0, 0.05) is 44.4 Å². The molecule has 2 saturated heterocycles. The number of anilines is 6. The fraction of sp³-hybridized carbons (Fsp3) is 0.323. The van der Waals surface area contributed by atoms with Crippen molar-refractivity contribution in [1.82, 2.24) is 29.9 Å². The molecule has 17 nitrogen and oxygen atoms in total. The zero-order chi connectivity index (χ0) is 35.4. The Hall–Kier alpha value is -5.55. The highest BCUT2D eigenvalue weighted by Crippen LogP contribution is 2.39. The highest BCUT2D eigenvalue weighted by Gasteiger charge is 2.40. The predicted molar refractivity (Wildman–Crippen MR) is 186 cm³/mol. The van der Waals surface area contributed by atoms with Crippen LogP contribution in [0.1, 0.15) is 33.8 Å². The Kier molecular flexibility index (Phi) is 10.2. The maximum atomic E-state index is 12.9. The van der Waals surface area contributed by atoms with Gasteiger partial charge in [0.25, 0.3) is 0 Å². The minimum absolute atomic E-state index is 0.0415. The number of nitrogen functional groups attached to an aromatic ring is 1. The summed E-state index contributed by atoms with van der Waals surface area (Å²) in [6.07, 6.45) is 4.52. The van der Waals surface area contributed by atoms with Crippen molar-refractivity contribution in [2.75, 3.05) is 71.5 Å². The number of hydrogen-bond donors (Lipinski definition) is 3. The molecule has 4 bridgehead atoms. The molecule has 8 rings (SSSR count). The number of aromatic nitrogens is 6. The third-order valence-electron chi connectivity index (χ3n) is 8.23. The number of nitrogens with one attached hydrogen (secondary N) is 2. The van der Waals surface area contributed by atoms with Gasteiger partial charge in [0.1, 0.15) is 34.6 Å². The number of nitrogens with two attached hydrogens (primary N) is 1. The molecule has 4 aromatic rings. The van der Waals surface area contributed by atoms with Gasteiger partial charge in [-0.2, -0.15) is 0 Å². The van der Waals surface area contributed by atoms with Gasteiger partial charge in [-0.25, -0.2) is 44.3 Å². The molecule has 0 radical (unpaired) electrons. The standard InChI is InChI=1S/C16H15ClN6O3.C11H13N3O2.C4H4ClN3/c1-26-15(24)10-2-3-11-14(20-10)23(9-4-5-22(11)7-9)16(25)21-13-6-12(17)18-8-19-13;1-16-11(15)8-2-3-9-10(13-8)12-7-4-5-14(9)6-7;5-3-1-4(6)8-2-7-3/h2-3,6,8-9H,4-5,7H2,1H3,(H,18,19,21,25);2-3,7H,4-6H2,1H3,(H,12,13);1-2H,(H2,6,7,8)/t9-;7-;/m00./s1. The molecule has 2 amide bonds. The van der Waals surface area contributed by atoms with Crippen LogP contribution in [0.3, 0.4) is 0 Å². The Balaban J connectivity index is 0.000000152. The van der Waals surface area contributed by atoms with Gasteiger partial charge < -0.3 is 30.3 Å². The molecule has 0 aliphatic carbocycles. The van der Waals surface area contributed by atoms with Gasteiger partial charge >= 0.3 is 18.0 Å². The number of rotatable bonds is 3. The van der Waals surface area contributed by atoms with Crippen LogP contribution >= 0.6 is 23.2 Å². The third kappa shape index (κ3) is 7.52. The second-order valence-corrected chi connectivity index (χ2v) is 12.1. The number of ether oxygens (including phenoxy) is 2. The number of methoxy groups -OCH3 is 2. The molecule has 4 aliphatic rings. The van der Waals surface area contributed by atoms with Crippen molar-refractivity contribution >= 4 is 75.8 Å². The Bertz CT molecular complexity index is 1900. The summed E-state index contributed by atoms with van der Waals surface area (Å²) < 4.78 is 9.39. The summed E-state index contributed by atoms with van der Waals surface area (Å²) in [5.41, 5.74) is 7.62. The lowest BCUT2D eigenvalue weighted by molar-refractivity contribution is 0.0585. The highest BCUT2D eigenvalue weighted by atomic mass is 35.5. The van der Waals surface area contributed by atoms with Crippen molar-refractivity contribution in [2.24, 2.45) is 0 Å². The zero-order valence-electron chi connectivity index (χ0n) is 26.9. The van der Waals surface area contributed by atoms with E-state index < -0.39 is 11.9 Å². The van der Waals surface area contributed by atoms with E-state index in [0.29, 0.717) is 40.9 Å². The number of carbonyl (C=O) groups is 3. The van der Waals surface area contributed by atoms with Gasteiger partial charge in [0.2, 0.25) is 0 Å². The van der Waals surface area contributed by atoms with E-state index >= 15 is 0 Å². The molecule has 4 aliphatic heterocycles. The van der Waals surface area contributed by atoms with E-state index in [0.717, 1.165) is 49.7 Å². The molecule has 4 N–H and O–H groups in total. The fourth-order valence-electron chi connectivity index (χ4n) is 5.93. The summed E-state index contributed by atoms with van der Waals surface area (Å²) in [4.78, 5) is 65.8. The Morgan fingerprint density at radius 3 is 2.14 bits per heavy atom. The van der Waals surface area contributed by atoms with E-state index in [9.17, 15) is 14.4 Å². The maximum absolute atomic E-state index is 12.9. The Morgan fingerprint density at radius 1 is 0.840 bits per heavy atom. The highest BCUT2D eigenvalue weighted by molar-refractivity contribution is 6.29. The minimum Gasteiger partial charge on any atom is -0.464 e. The normalized spacial score (nSPS) is 17.5. The summed E-state index contributed by atoms with van der Waals surface area (Å²) in [5, 5.41) is 6.66. The average Bonchev–Trinajstić information content (AvgIpc) is 3.71. The SMILES string of the molecule is COC(=O)c1ccc2c(n1)N(C(=O)Nc1cc(Cl)ncn1)[C@H]1CCN2C1.COC(=O)c1ccc2c(n1)N[C@H]1CCN2C1.Nc1cc(Cl)ncn1. The van der Waals surface area contributed by atoms with Crippen LogP contribution in [0, 0.1) is 0 Å². The average molecular weight is 724 g/mol. The molecule has 0 aromatic carbocycles. The molecule has 260 valence electrons. The molecule has 4 aromatic heterocycles. The van der Waals surface area contributed by atoms with Gasteiger partial charge in [-0.3, -0.25) is 10.2 Å². The summed E-state index contributed by atoms with van der Waals surface area (Å²) >= 11 is 11.3. The van der Waals surface area contributed by atoms with Crippen molar-refractivity contribution in [3.63, 3.8) is 0 Å². The molecule has 0 unspecified atom stereocenters. The van der Waals surface area contributed by atoms with Crippen molar-refractivity contribution in [2.45, 2.75) is 24.9 Å². The first-order valence-corrected chi connectivity index (χ1v) is 16.1. The molecule has 0 spiro atoms. The molecule has 50 heavy (non-hydrogen) atoms. The summed E-state index contributed by atoms with van der Waals surface area (Å²) in [7, 11) is 2.66. The first-order valence-electron chi connectivity index (χ1n) is 15.4.